The normalized spacial score (nSPS) is 22.8. The van der Waals surface area contributed by atoms with Crippen LogP contribution in [0.5, 0.6) is 0 Å². The van der Waals surface area contributed by atoms with E-state index in [9.17, 15) is 18.0 Å². The van der Waals surface area contributed by atoms with Crippen LogP contribution in [0.15, 0.2) is 30.6 Å². The molecule has 3 heterocycles. The summed E-state index contributed by atoms with van der Waals surface area (Å²) in [5.41, 5.74) is -1.16. The zero-order valence-electron chi connectivity index (χ0n) is 18.6. The van der Waals surface area contributed by atoms with Crippen molar-refractivity contribution in [1.29, 1.82) is 5.26 Å². The summed E-state index contributed by atoms with van der Waals surface area (Å²) in [5.74, 6) is 0.250. The molecule has 7 nitrogen and oxygen atoms in total. The van der Waals surface area contributed by atoms with Crippen molar-refractivity contribution in [2.45, 2.75) is 19.5 Å². The van der Waals surface area contributed by atoms with Crippen molar-refractivity contribution in [2.75, 3.05) is 44.3 Å². The van der Waals surface area contributed by atoms with Crippen molar-refractivity contribution in [3.63, 3.8) is 0 Å². The molecule has 0 saturated carbocycles. The number of nitriles is 1. The highest BCUT2D eigenvalue weighted by Gasteiger charge is 2.51. The summed E-state index contributed by atoms with van der Waals surface area (Å²) in [4.78, 5) is 20.9. The van der Waals surface area contributed by atoms with Crippen molar-refractivity contribution in [3.05, 3.63) is 47.5 Å². The quantitative estimate of drug-likeness (QED) is 0.683. The zero-order valence-corrected chi connectivity index (χ0v) is 18.6. The number of carbonyl (C=O) groups excluding carboxylic acids is 1. The van der Waals surface area contributed by atoms with Gasteiger partial charge in [0.15, 0.2) is 5.82 Å². The third-order valence-electron chi connectivity index (χ3n) is 6.82. The Morgan fingerprint density at radius 1 is 1.36 bits per heavy atom. The molecule has 0 bridgehead atoms. The molecule has 1 aromatic carbocycles. The Morgan fingerprint density at radius 3 is 2.79 bits per heavy atom. The molecule has 2 aliphatic heterocycles. The van der Waals surface area contributed by atoms with Crippen LogP contribution in [0.3, 0.4) is 0 Å². The van der Waals surface area contributed by atoms with Gasteiger partial charge in [0.2, 0.25) is 0 Å². The van der Waals surface area contributed by atoms with Gasteiger partial charge in [-0.15, -0.1) is 0 Å². The molecule has 0 aliphatic carbocycles. The fraction of sp³-hybridized carbons (Fsp3) is 0.522. The van der Waals surface area contributed by atoms with Gasteiger partial charge in [-0.05, 0) is 31.5 Å². The molecular weight excluding hydrogens is 435 g/mol. The van der Waals surface area contributed by atoms with Crippen molar-refractivity contribution in [1.82, 2.24) is 14.5 Å². The second-order valence-electron chi connectivity index (χ2n) is 8.78. The fourth-order valence-electron chi connectivity index (χ4n) is 4.98. The first-order valence-electron chi connectivity index (χ1n) is 10.9. The minimum Gasteiger partial charge on any atom is -0.381 e. The van der Waals surface area contributed by atoms with E-state index in [1.54, 1.807) is 41.0 Å². The Hall–Kier alpha value is -3.06. The van der Waals surface area contributed by atoms with E-state index in [-0.39, 0.29) is 17.2 Å². The van der Waals surface area contributed by atoms with Crippen LogP contribution in [0.2, 0.25) is 0 Å². The third-order valence-corrected chi connectivity index (χ3v) is 6.82. The number of anilines is 1. The maximum Gasteiger partial charge on any atom is 0.417 e. The highest BCUT2D eigenvalue weighted by Crippen LogP contribution is 2.45. The first-order chi connectivity index (χ1) is 15.7. The summed E-state index contributed by atoms with van der Waals surface area (Å²) in [7, 11) is 1.77. The average molecular weight is 461 g/mol. The number of nitrogens with zero attached hydrogens (tertiary/aromatic N) is 5. The van der Waals surface area contributed by atoms with Crippen LogP contribution in [0.4, 0.5) is 18.9 Å². The van der Waals surface area contributed by atoms with E-state index < -0.39 is 17.3 Å². The van der Waals surface area contributed by atoms with E-state index in [4.69, 9.17) is 10.00 Å². The molecule has 2 atom stereocenters. The van der Waals surface area contributed by atoms with Crippen molar-refractivity contribution in [3.8, 4) is 6.07 Å². The van der Waals surface area contributed by atoms with Gasteiger partial charge in [0.05, 0.1) is 23.8 Å². The number of amides is 1. The lowest BCUT2D eigenvalue weighted by Gasteiger charge is -2.43. The van der Waals surface area contributed by atoms with Gasteiger partial charge in [-0.1, -0.05) is 0 Å². The van der Waals surface area contributed by atoms with Crippen LogP contribution in [-0.2, 0) is 18.0 Å². The topological polar surface area (TPSA) is 74.4 Å². The van der Waals surface area contributed by atoms with Gasteiger partial charge < -0.3 is 19.1 Å². The molecule has 2 aliphatic rings. The average Bonchev–Trinajstić information content (AvgIpc) is 3.39. The summed E-state index contributed by atoms with van der Waals surface area (Å²) in [6.45, 7) is 4.99. The third kappa shape index (κ3) is 4.29. The van der Waals surface area contributed by atoms with Crippen LogP contribution in [0.1, 0.15) is 35.1 Å². The zero-order chi connectivity index (χ0) is 23.8. The molecule has 2 aromatic rings. The predicted octanol–water partition coefficient (Wildman–Crippen LogP) is 3.32. The smallest absolute Gasteiger partial charge is 0.381 e. The molecule has 176 valence electrons. The SMILES string of the molecule is CCOC[C@@]12CCN(C(=O)c3nccn3C)C[C@@H]1CN(c1ccc(C#N)c(C(F)(F)F)c1)C2. The molecule has 2 saturated heterocycles. The molecule has 0 unspecified atom stereocenters. The van der Waals surface area contributed by atoms with Gasteiger partial charge in [0.1, 0.15) is 0 Å². The number of carbonyl (C=O) groups is 1. The molecule has 10 heteroatoms. The van der Waals surface area contributed by atoms with Gasteiger partial charge in [-0.25, -0.2) is 4.98 Å². The van der Waals surface area contributed by atoms with E-state index in [1.807, 2.05) is 11.8 Å². The summed E-state index contributed by atoms with van der Waals surface area (Å²) >= 11 is 0. The highest BCUT2D eigenvalue weighted by molar-refractivity contribution is 5.91. The Labute approximate surface area is 190 Å². The number of imidazole rings is 1. The second kappa shape index (κ2) is 8.71. The Kier molecular flexibility index (Phi) is 6.10. The predicted molar refractivity (Wildman–Crippen MR) is 115 cm³/mol. The standard InChI is InChI=1S/C23H26F3N5O2/c1-3-33-15-22-6-8-30(21(32)20-28-7-9-29(20)2)12-17(22)13-31(14-22)18-5-4-16(11-27)19(10-18)23(24,25)26/h4-5,7,9-10,17H,3,6,8,12-15H2,1-2H3/t17-,22+/m1/s1. The van der Waals surface area contributed by atoms with Crippen molar-refractivity contribution < 1.29 is 22.7 Å². The van der Waals surface area contributed by atoms with Gasteiger partial charge in [0.25, 0.3) is 5.91 Å². The number of likely N-dealkylation sites (tertiary alicyclic amines) is 1. The summed E-state index contributed by atoms with van der Waals surface area (Å²) in [5, 5.41) is 9.10. The largest absolute Gasteiger partial charge is 0.417 e. The van der Waals surface area contributed by atoms with Gasteiger partial charge in [-0.2, -0.15) is 18.4 Å². The maximum absolute atomic E-state index is 13.5. The molecule has 0 N–H and O–H groups in total. The Morgan fingerprint density at radius 2 is 2.15 bits per heavy atom. The number of aryl methyl sites for hydroxylation is 1. The van der Waals surface area contributed by atoms with E-state index in [1.165, 1.54) is 6.07 Å². The van der Waals surface area contributed by atoms with E-state index in [0.717, 1.165) is 6.07 Å². The number of hydrogen-bond donors (Lipinski definition) is 0. The van der Waals surface area contributed by atoms with Gasteiger partial charge in [-0.3, -0.25) is 4.79 Å². The van der Waals surface area contributed by atoms with Crippen molar-refractivity contribution in [2.24, 2.45) is 18.4 Å². The number of benzene rings is 1. The first kappa shape index (κ1) is 23.1. The second-order valence-corrected chi connectivity index (χ2v) is 8.78. The van der Waals surface area contributed by atoms with E-state index in [2.05, 4.69) is 4.98 Å². The molecule has 0 spiro atoms. The fourth-order valence-corrected chi connectivity index (χ4v) is 4.98. The summed E-state index contributed by atoms with van der Waals surface area (Å²) in [6, 6.07) is 5.48. The van der Waals surface area contributed by atoms with Gasteiger partial charge >= 0.3 is 6.18 Å². The van der Waals surface area contributed by atoms with Crippen LogP contribution < -0.4 is 4.90 Å². The molecule has 2 fully saturated rings. The van der Waals surface area contributed by atoms with Gasteiger partial charge in [0, 0.05) is 69.2 Å². The number of aromatic nitrogens is 2. The highest BCUT2D eigenvalue weighted by atomic mass is 19.4. The number of alkyl halides is 3. The molecule has 1 aromatic heterocycles. The number of hydrogen-bond acceptors (Lipinski definition) is 5. The maximum atomic E-state index is 13.5. The lowest BCUT2D eigenvalue weighted by molar-refractivity contribution is -0.137. The minimum absolute atomic E-state index is 0.0343. The summed E-state index contributed by atoms with van der Waals surface area (Å²) in [6.07, 6.45) is -0.622. The number of rotatable bonds is 5. The molecule has 1 amide bonds. The molecule has 33 heavy (non-hydrogen) atoms. The van der Waals surface area contributed by atoms with Crippen LogP contribution in [-0.4, -0.2) is 59.8 Å². The van der Waals surface area contributed by atoms with E-state index >= 15 is 0 Å². The Balaban J connectivity index is 1.60. The Bertz CT molecular complexity index is 1080. The van der Waals surface area contributed by atoms with E-state index in [0.29, 0.717) is 57.3 Å². The number of piperidine rings is 1. The number of ether oxygens (including phenoxy) is 1. The molecule has 0 radical (unpaired) electrons. The first-order valence-corrected chi connectivity index (χ1v) is 10.9. The monoisotopic (exact) mass is 461 g/mol. The molecule has 4 rings (SSSR count). The van der Waals surface area contributed by atoms with Crippen molar-refractivity contribution >= 4 is 11.6 Å². The minimum atomic E-state index is -4.61. The number of fused-ring (bicyclic) bond motifs is 1. The number of halogens is 3. The lowest BCUT2D eigenvalue weighted by atomic mass is 9.73. The van der Waals surface area contributed by atoms with Crippen LogP contribution in [0.25, 0.3) is 0 Å². The van der Waals surface area contributed by atoms with Crippen LogP contribution in [0, 0.1) is 22.7 Å². The van der Waals surface area contributed by atoms with Crippen LogP contribution >= 0.6 is 0 Å². The molecular formula is C23H26F3N5O2. The lowest BCUT2D eigenvalue weighted by Crippen LogP contribution is -2.51. The summed E-state index contributed by atoms with van der Waals surface area (Å²) < 4.78 is 48.0.